The van der Waals surface area contributed by atoms with E-state index in [-0.39, 0.29) is 0 Å². The monoisotopic (exact) mass is 570 g/mol. The Morgan fingerprint density at radius 3 is 1.56 bits per heavy atom. The fraction of sp³-hybridized carbons (Fsp3) is 0. The van der Waals surface area contributed by atoms with Gasteiger partial charge in [-0.2, -0.15) is 0 Å². The number of furan rings is 1. The van der Waals surface area contributed by atoms with Crippen LogP contribution in [0.15, 0.2) is 162 Å². The molecule has 9 aromatic carbocycles. The van der Waals surface area contributed by atoms with Crippen molar-refractivity contribution in [3.05, 3.63) is 158 Å². The molecule has 45 heavy (non-hydrogen) atoms. The zero-order valence-corrected chi connectivity index (χ0v) is 24.4. The van der Waals surface area contributed by atoms with E-state index < -0.39 is 0 Å². The first-order valence-corrected chi connectivity index (χ1v) is 15.5. The third-order valence-electron chi connectivity index (χ3n) is 9.62. The van der Waals surface area contributed by atoms with Gasteiger partial charge in [0.2, 0.25) is 0 Å². The highest BCUT2D eigenvalue weighted by Gasteiger charge is 2.21. The molecule has 0 aliphatic heterocycles. The molecule has 0 radical (unpaired) electrons. The maximum atomic E-state index is 6.32. The molecule has 208 valence electrons. The lowest BCUT2D eigenvalue weighted by molar-refractivity contribution is 0.669. The van der Waals surface area contributed by atoms with E-state index >= 15 is 0 Å². The van der Waals surface area contributed by atoms with Crippen molar-refractivity contribution in [1.82, 2.24) is 0 Å². The van der Waals surface area contributed by atoms with Crippen LogP contribution in [-0.4, -0.2) is 0 Å². The van der Waals surface area contributed by atoms with Gasteiger partial charge in [-0.15, -0.1) is 0 Å². The smallest absolute Gasteiger partial charge is 0.136 e. The van der Waals surface area contributed by atoms with Gasteiger partial charge in [0.15, 0.2) is 0 Å². The van der Waals surface area contributed by atoms with Gasteiger partial charge in [0.25, 0.3) is 0 Å². The minimum Gasteiger partial charge on any atom is -0.456 e. The van der Waals surface area contributed by atoms with Crippen LogP contribution >= 0.6 is 0 Å². The third kappa shape index (κ3) is 3.50. The van der Waals surface area contributed by atoms with Gasteiger partial charge >= 0.3 is 0 Å². The van der Waals surface area contributed by atoms with Crippen LogP contribution in [0.5, 0.6) is 0 Å². The Balaban J connectivity index is 1.25. The second-order valence-electron chi connectivity index (χ2n) is 12.0. The Morgan fingerprint density at radius 2 is 0.822 bits per heavy atom. The third-order valence-corrected chi connectivity index (χ3v) is 9.62. The topological polar surface area (TPSA) is 13.1 Å². The zero-order valence-electron chi connectivity index (χ0n) is 24.4. The summed E-state index contributed by atoms with van der Waals surface area (Å²) < 4.78 is 6.32. The second kappa shape index (κ2) is 9.29. The summed E-state index contributed by atoms with van der Waals surface area (Å²) in [6, 6.07) is 57.4. The Hall–Kier alpha value is -5.92. The van der Waals surface area contributed by atoms with Crippen LogP contribution in [0.1, 0.15) is 0 Å². The summed E-state index contributed by atoms with van der Waals surface area (Å²) in [5.41, 5.74) is 9.39. The predicted molar refractivity (Wildman–Crippen MR) is 191 cm³/mol. The molecule has 0 saturated carbocycles. The first kappa shape index (κ1) is 24.5. The van der Waals surface area contributed by atoms with Gasteiger partial charge in [-0.25, -0.2) is 0 Å². The molecular formula is C44H26O. The number of hydrogen-bond donors (Lipinski definition) is 0. The highest BCUT2D eigenvalue weighted by Crippen LogP contribution is 2.48. The van der Waals surface area contributed by atoms with Crippen LogP contribution in [0.3, 0.4) is 0 Å². The SMILES string of the molecule is c1ccc2c(-c3ccc(-c4c5ccccc5c(-c5cc6cccc7oc8cccc5c8c67)c5ccccc45)cc3)cccc2c1. The Kier molecular flexibility index (Phi) is 5.06. The summed E-state index contributed by atoms with van der Waals surface area (Å²) in [6.07, 6.45) is 0. The highest BCUT2D eigenvalue weighted by molar-refractivity contribution is 6.29. The van der Waals surface area contributed by atoms with Crippen molar-refractivity contribution in [2.24, 2.45) is 0 Å². The molecule has 0 atom stereocenters. The summed E-state index contributed by atoms with van der Waals surface area (Å²) in [4.78, 5) is 0. The minimum atomic E-state index is 0.942. The Labute approximate surface area is 259 Å². The first-order valence-electron chi connectivity index (χ1n) is 15.5. The summed E-state index contributed by atoms with van der Waals surface area (Å²) in [7, 11) is 0. The fourth-order valence-electron chi connectivity index (χ4n) is 7.70. The molecule has 1 heterocycles. The van der Waals surface area contributed by atoms with Gasteiger partial charge in [-0.3, -0.25) is 0 Å². The van der Waals surface area contributed by atoms with Crippen molar-refractivity contribution in [3.63, 3.8) is 0 Å². The zero-order chi connectivity index (χ0) is 29.5. The quantitative estimate of drug-likeness (QED) is 0.152. The van der Waals surface area contributed by atoms with E-state index in [1.807, 2.05) is 0 Å². The number of rotatable bonds is 3. The average Bonchev–Trinajstić information content (AvgIpc) is 3.50. The normalized spacial score (nSPS) is 12.0. The van der Waals surface area contributed by atoms with Crippen LogP contribution in [0.2, 0.25) is 0 Å². The molecule has 0 fully saturated rings. The summed E-state index contributed by atoms with van der Waals surface area (Å²) in [5, 5.41) is 12.4. The Bertz CT molecular complexity index is 2680. The van der Waals surface area contributed by atoms with Gasteiger partial charge in [-0.05, 0) is 94.7 Å². The standard InChI is InChI=1S/C44H26O/c1-2-13-31-27(10-1)11-7-18-32(31)28-22-24-29(25-23-28)41-33-14-3-5-16-35(33)43(36-17-6-4-15-34(36)41)38-26-30-12-8-20-39-42(30)44-37(38)19-9-21-40(44)45-39/h1-26H. The van der Waals surface area contributed by atoms with Gasteiger partial charge in [-0.1, -0.05) is 140 Å². The molecule has 0 spiro atoms. The van der Waals surface area contributed by atoms with Gasteiger partial charge in [0.1, 0.15) is 11.2 Å². The maximum absolute atomic E-state index is 6.32. The van der Waals surface area contributed by atoms with Crippen LogP contribution in [0.4, 0.5) is 0 Å². The lowest BCUT2D eigenvalue weighted by Crippen LogP contribution is -1.92. The van der Waals surface area contributed by atoms with Crippen molar-refractivity contribution < 1.29 is 4.42 Å². The van der Waals surface area contributed by atoms with Gasteiger partial charge in [0, 0.05) is 10.8 Å². The molecule has 0 N–H and O–H groups in total. The van der Waals surface area contributed by atoms with E-state index in [0.717, 1.165) is 11.2 Å². The Morgan fingerprint density at radius 1 is 0.311 bits per heavy atom. The number of fused-ring (bicyclic) bond motifs is 3. The largest absolute Gasteiger partial charge is 0.456 e. The highest BCUT2D eigenvalue weighted by atomic mass is 16.3. The summed E-state index contributed by atoms with van der Waals surface area (Å²) in [6.45, 7) is 0. The maximum Gasteiger partial charge on any atom is 0.136 e. The molecule has 1 aromatic heterocycles. The van der Waals surface area contributed by atoms with Crippen molar-refractivity contribution in [2.75, 3.05) is 0 Å². The summed E-state index contributed by atoms with van der Waals surface area (Å²) in [5.74, 6) is 0. The average molecular weight is 571 g/mol. The number of hydrogen-bond acceptors (Lipinski definition) is 1. The fourth-order valence-corrected chi connectivity index (χ4v) is 7.70. The predicted octanol–water partition coefficient (Wildman–Crippen LogP) is 12.6. The molecule has 1 nitrogen and oxygen atoms in total. The van der Waals surface area contributed by atoms with Crippen molar-refractivity contribution in [2.45, 2.75) is 0 Å². The van der Waals surface area contributed by atoms with E-state index in [4.69, 9.17) is 4.42 Å². The lowest BCUT2D eigenvalue weighted by Gasteiger charge is -2.19. The molecule has 10 rings (SSSR count). The summed E-state index contributed by atoms with van der Waals surface area (Å²) >= 11 is 0. The molecule has 0 amide bonds. The molecule has 0 unspecified atom stereocenters. The lowest BCUT2D eigenvalue weighted by atomic mass is 9.83. The van der Waals surface area contributed by atoms with E-state index in [0.29, 0.717) is 0 Å². The molecule has 0 bridgehead atoms. The molecule has 0 saturated heterocycles. The van der Waals surface area contributed by atoms with Crippen molar-refractivity contribution in [3.8, 4) is 33.4 Å². The molecule has 0 aliphatic rings. The molecule has 10 aromatic rings. The molecule has 1 heteroatoms. The van der Waals surface area contributed by atoms with Crippen LogP contribution < -0.4 is 0 Å². The van der Waals surface area contributed by atoms with Crippen LogP contribution in [0.25, 0.3) is 98.4 Å². The van der Waals surface area contributed by atoms with Crippen LogP contribution in [-0.2, 0) is 0 Å². The van der Waals surface area contributed by atoms with E-state index in [2.05, 4.69) is 158 Å². The van der Waals surface area contributed by atoms with E-state index in [1.165, 1.54) is 87.2 Å². The molecule has 0 aliphatic carbocycles. The van der Waals surface area contributed by atoms with Gasteiger partial charge in [0.05, 0.1) is 0 Å². The van der Waals surface area contributed by atoms with Crippen molar-refractivity contribution >= 4 is 65.0 Å². The van der Waals surface area contributed by atoms with E-state index in [1.54, 1.807) is 0 Å². The molecular weight excluding hydrogens is 544 g/mol. The first-order chi connectivity index (χ1) is 22.3. The van der Waals surface area contributed by atoms with Crippen LogP contribution in [0, 0.1) is 0 Å². The second-order valence-corrected chi connectivity index (χ2v) is 12.0. The van der Waals surface area contributed by atoms with E-state index in [9.17, 15) is 0 Å². The number of benzene rings is 9. The van der Waals surface area contributed by atoms with Gasteiger partial charge < -0.3 is 4.42 Å². The minimum absolute atomic E-state index is 0.942. The van der Waals surface area contributed by atoms with Crippen molar-refractivity contribution in [1.29, 1.82) is 0 Å².